The summed E-state index contributed by atoms with van der Waals surface area (Å²) in [5, 5.41) is 0. The van der Waals surface area contributed by atoms with Crippen LogP contribution in [0.15, 0.2) is 0 Å². The van der Waals surface area contributed by atoms with E-state index in [9.17, 15) is 0 Å². The minimum absolute atomic E-state index is 0. The van der Waals surface area contributed by atoms with Gasteiger partial charge in [0.15, 0.2) is 0 Å². The summed E-state index contributed by atoms with van der Waals surface area (Å²) in [6.45, 7) is 4.59. The van der Waals surface area contributed by atoms with Crippen molar-refractivity contribution in [2.45, 2.75) is 117 Å². The van der Waals surface area contributed by atoms with Gasteiger partial charge in [-0.05, 0) is 0 Å². The predicted octanol–water partition coefficient (Wildman–Crippen LogP) is 7.11. The zero-order chi connectivity index (χ0) is 13.3. The fourth-order valence-electron chi connectivity index (χ4n) is 2.62. The summed E-state index contributed by atoms with van der Waals surface area (Å²) in [5.74, 6) is 0. The van der Waals surface area contributed by atoms with Gasteiger partial charge in [-0.1, -0.05) is 117 Å². The maximum atomic E-state index is 2.29. The molecule has 0 spiro atoms. The van der Waals surface area contributed by atoms with Crippen molar-refractivity contribution >= 4 is 23.1 Å². The third-order valence-corrected chi connectivity index (χ3v) is 3.96. The van der Waals surface area contributed by atoms with Crippen molar-refractivity contribution in [1.82, 2.24) is 0 Å². The van der Waals surface area contributed by atoms with Crippen LogP contribution in [0.1, 0.15) is 119 Å². The molecule has 0 heterocycles. The Kier molecular flexibility index (Phi) is 24.5. The van der Waals surface area contributed by atoms with Crippen LogP contribution in [-0.4, -0.2) is 23.1 Å². The summed E-state index contributed by atoms with van der Waals surface area (Å²) in [6.07, 6.45) is 23.4. The Bertz CT molecular complexity index is 127. The minimum atomic E-state index is 0. The van der Waals surface area contributed by atoms with E-state index < -0.39 is 0 Å². The van der Waals surface area contributed by atoms with Crippen molar-refractivity contribution in [2.24, 2.45) is 0 Å². The van der Waals surface area contributed by atoms with E-state index in [1.165, 1.54) is 103 Å². The van der Waals surface area contributed by atoms with E-state index in [1.54, 1.807) is 0 Å². The molecule has 0 aromatic rings. The van der Waals surface area contributed by atoms with Crippen molar-refractivity contribution in [3.8, 4) is 0 Å². The van der Waals surface area contributed by atoms with Crippen LogP contribution in [-0.2, 0) is 0 Å². The Morgan fingerprint density at radius 3 is 0.684 bits per heavy atom. The normalized spacial score (nSPS) is 10.4. The van der Waals surface area contributed by atoms with Gasteiger partial charge in [0.2, 0.25) is 0 Å². The molecule has 0 amide bonds. The molecule has 0 fully saturated rings. The SMILES string of the molecule is CCCCCCCCCCCCCCCCCC.[H-].[H-].[Mg+2]. The van der Waals surface area contributed by atoms with Crippen molar-refractivity contribution in [3.05, 3.63) is 0 Å². The van der Waals surface area contributed by atoms with E-state index >= 15 is 0 Å². The number of unbranched alkanes of at least 4 members (excludes halogenated alkanes) is 15. The molecule has 0 rings (SSSR count). The van der Waals surface area contributed by atoms with Crippen molar-refractivity contribution in [3.63, 3.8) is 0 Å². The smallest absolute Gasteiger partial charge is 1.00 e. The second-order valence-corrected chi connectivity index (χ2v) is 5.95. The Balaban J connectivity index is -0.000000482. The van der Waals surface area contributed by atoms with E-state index in [0.29, 0.717) is 0 Å². The quantitative estimate of drug-likeness (QED) is 0.221. The minimum Gasteiger partial charge on any atom is -1.00 e. The fraction of sp³-hybridized carbons (Fsp3) is 1.00. The van der Waals surface area contributed by atoms with Crippen molar-refractivity contribution < 1.29 is 2.85 Å². The van der Waals surface area contributed by atoms with Crippen molar-refractivity contribution in [2.75, 3.05) is 0 Å². The molecular weight excluding hydrogens is 241 g/mol. The van der Waals surface area contributed by atoms with Crippen molar-refractivity contribution in [1.29, 1.82) is 0 Å². The molecule has 0 aliphatic carbocycles. The maximum Gasteiger partial charge on any atom is 2.00 e. The van der Waals surface area contributed by atoms with Gasteiger partial charge in [0.1, 0.15) is 0 Å². The second kappa shape index (κ2) is 21.1. The molecule has 0 unspecified atom stereocenters. The molecule has 0 nitrogen and oxygen atoms in total. The van der Waals surface area contributed by atoms with Gasteiger partial charge in [-0.25, -0.2) is 0 Å². The molecule has 0 aliphatic rings. The molecule has 0 atom stereocenters. The van der Waals surface area contributed by atoms with Gasteiger partial charge in [0, 0.05) is 0 Å². The summed E-state index contributed by atoms with van der Waals surface area (Å²) in [5.41, 5.74) is 0. The molecule has 0 saturated heterocycles. The van der Waals surface area contributed by atoms with Crippen LogP contribution in [0.2, 0.25) is 0 Å². The molecule has 0 N–H and O–H groups in total. The van der Waals surface area contributed by atoms with Gasteiger partial charge < -0.3 is 2.85 Å². The van der Waals surface area contributed by atoms with Gasteiger partial charge in [-0.15, -0.1) is 0 Å². The molecule has 1 heteroatoms. The van der Waals surface area contributed by atoms with E-state index in [1.807, 2.05) is 0 Å². The summed E-state index contributed by atoms with van der Waals surface area (Å²) < 4.78 is 0. The van der Waals surface area contributed by atoms with Gasteiger partial charge in [0.25, 0.3) is 0 Å². The van der Waals surface area contributed by atoms with E-state index in [2.05, 4.69) is 13.8 Å². The average Bonchev–Trinajstić information content (AvgIpc) is 2.39. The van der Waals surface area contributed by atoms with Crippen LogP contribution in [0.3, 0.4) is 0 Å². The predicted molar refractivity (Wildman–Crippen MR) is 93.2 cm³/mol. The van der Waals surface area contributed by atoms with Gasteiger partial charge in [0.05, 0.1) is 0 Å². The topological polar surface area (TPSA) is 0 Å². The van der Waals surface area contributed by atoms with E-state index in [4.69, 9.17) is 0 Å². The van der Waals surface area contributed by atoms with Crippen LogP contribution in [0, 0.1) is 0 Å². The van der Waals surface area contributed by atoms with Crippen LogP contribution >= 0.6 is 0 Å². The molecule has 0 saturated carbocycles. The third-order valence-electron chi connectivity index (χ3n) is 3.96. The van der Waals surface area contributed by atoms with Gasteiger partial charge >= 0.3 is 23.1 Å². The average molecular weight is 281 g/mol. The standard InChI is InChI=1S/C18H38.Mg.2H/c1-3-5-7-9-11-13-15-17-18-16-14-12-10-8-6-4-2;;;/h3-18H2,1-2H3;;;/q;+2;2*-1. The zero-order valence-electron chi connectivity index (χ0n) is 16.0. The Morgan fingerprint density at radius 2 is 0.526 bits per heavy atom. The Morgan fingerprint density at radius 1 is 0.368 bits per heavy atom. The number of rotatable bonds is 15. The van der Waals surface area contributed by atoms with Gasteiger partial charge in [-0.2, -0.15) is 0 Å². The maximum absolute atomic E-state index is 2.29. The molecular formula is C18H40Mg. The molecule has 114 valence electrons. The van der Waals surface area contributed by atoms with Crippen LogP contribution < -0.4 is 0 Å². The molecule has 0 aromatic carbocycles. The van der Waals surface area contributed by atoms with Crippen LogP contribution in [0.25, 0.3) is 0 Å². The Hall–Kier alpha value is 0.766. The molecule has 0 aromatic heterocycles. The summed E-state index contributed by atoms with van der Waals surface area (Å²) >= 11 is 0. The molecule has 0 radical (unpaired) electrons. The van der Waals surface area contributed by atoms with Crippen LogP contribution in [0.4, 0.5) is 0 Å². The van der Waals surface area contributed by atoms with E-state index in [-0.39, 0.29) is 25.9 Å². The zero-order valence-corrected chi connectivity index (χ0v) is 15.4. The first kappa shape index (κ1) is 22.1. The first-order valence-electron chi connectivity index (χ1n) is 8.91. The molecule has 19 heavy (non-hydrogen) atoms. The summed E-state index contributed by atoms with van der Waals surface area (Å²) in [6, 6.07) is 0. The monoisotopic (exact) mass is 280 g/mol. The largest absolute Gasteiger partial charge is 2.00 e. The number of hydrogen-bond acceptors (Lipinski definition) is 0. The second-order valence-electron chi connectivity index (χ2n) is 5.95. The fourth-order valence-corrected chi connectivity index (χ4v) is 2.62. The van der Waals surface area contributed by atoms with E-state index in [0.717, 1.165) is 0 Å². The summed E-state index contributed by atoms with van der Waals surface area (Å²) in [7, 11) is 0. The number of hydrogen-bond donors (Lipinski definition) is 0. The molecule has 0 aliphatic heterocycles. The molecule has 0 bridgehead atoms. The van der Waals surface area contributed by atoms with Crippen LogP contribution in [0.5, 0.6) is 0 Å². The van der Waals surface area contributed by atoms with Gasteiger partial charge in [-0.3, -0.25) is 0 Å². The first-order valence-corrected chi connectivity index (χ1v) is 8.91. The Labute approximate surface area is 142 Å². The summed E-state index contributed by atoms with van der Waals surface area (Å²) in [4.78, 5) is 0. The third kappa shape index (κ3) is 21.2. The first-order chi connectivity index (χ1) is 8.91.